The number of hydrogen-bond donors (Lipinski definition) is 1. The summed E-state index contributed by atoms with van der Waals surface area (Å²) in [4.78, 5) is 0. The van der Waals surface area contributed by atoms with Gasteiger partial charge in [-0.05, 0) is 44.0 Å². The van der Waals surface area contributed by atoms with Gasteiger partial charge in [-0.15, -0.1) is 0 Å². The van der Waals surface area contributed by atoms with Crippen LogP contribution in [0.1, 0.15) is 29.2 Å². The largest absolute Gasteiger partial charge is 0.381 e. The van der Waals surface area contributed by atoms with Gasteiger partial charge >= 0.3 is 0 Å². The topological polar surface area (TPSA) is 20.2 Å². The molecule has 2 aromatic carbocycles. The highest BCUT2D eigenvalue weighted by molar-refractivity contribution is 5.41. The molecule has 0 saturated heterocycles. The maximum absolute atomic E-state index is 13.9. The molecular weight excluding hydrogens is 227 g/mol. The lowest BCUT2D eigenvalue weighted by molar-refractivity contribution is 0.0972. The zero-order valence-electron chi connectivity index (χ0n) is 10.9. The number of hydrogen-bond acceptors (Lipinski definition) is 1. The van der Waals surface area contributed by atoms with Crippen LogP contribution in [0.3, 0.4) is 0 Å². The van der Waals surface area contributed by atoms with Crippen LogP contribution in [0.5, 0.6) is 0 Å². The number of rotatable bonds is 2. The second kappa shape index (κ2) is 4.54. The number of aryl methyl sites for hydroxylation is 2. The Morgan fingerprint density at radius 2 is 1.67 bits per heavy atom. The van der Waals surface area contributed by atoms with Crippen molar-refractivity contribution in [3.05, 3.63) is 70.5 Å². The first-order valence-corrected chi connectivity index (χ1v) is 5.98. The van der Waals surface area contributed by atoms with Crippen LogP contribution in [0.15, 0.2) is 42.5 Å². The molecule has 0 heterocycles. The third-order valence-corrected chi connectivity index (χ3v) is 3.32. The van der Waals surface area contributed by atoms with E-state index in [1.54, 1.807) is 19.1 Å². The molecule has 1 unspecified atom stereocenters. The fourth-order valence-electron chi connectivity index (χ4n) is 2.28. The van der Waals surface area contributed by atoms with E-state index in [0.717, 1.165) is 16.7 Å². The molecule has 0 aliphatic carbocycles. The lowest BCUT2D eigenvalue weighted by Gasteiger charge is -2.27. The van der Waals surface area contributed by atoms with E-state index in [4.69, 9.17) is 0 Å². The highest BCUT2D eigenvalue weighted by atomic mass is 19.1. The van der Waals surface area contributed by atoms with Gasteiger partial charge in [0.1, 0.15) is 11.4 Å². The minimum atomic E-state index is -1.32. The SMILES string of the molecule is Cc1ccc(F)c(C(C)(O)c2ccccc2C)c1. The quantitative estimate of drug-likeness (QED) is 0.854. The zero-order chi connectivity index (χ0) is 13.3. The van der Waals surface area contributed by atoms with Gasteiger partial charge in [0.25, 0.3) is 0 Å². The van der Waals surface area contributed by atoms with Gasteiger partial charge in [0, 0.05) is 5.56 Å². The minimum Gasteiger partial charge on any atom is -0.381 e. The smallest absolute Gasteiger partial charge is 0.129 e. The first kappa shape index (κ1) is 12.8. The van der Waals surface area contributed by atoms with Gasteiger partial charge in [-0.2, -0.15) is 0 Å². The summed E-state index contributed by atoms with van der Waals surface area (Å²) in [7, 11) is 0. The van der Waals surface area contributed by atoms with Crippen molar-refractivity contribution in [2.45, 2.75) is 26.4 Å². The average Bonchev–Trinajstić information content (AvgIpc) is 2.32. The van der Waals surface area contributed by atoms with Crippen molar-refractivity contribution in [3.63, 3.8) is 0 Å². The molecule has 18 heavy (non-hydrogen) atoms. The van der Waals surface area contributed by atoms with E-state index >= 15 is 0 Å². The van der Waals surface area contributed by atoms with Crippen molar-refractivity contribution in [1.82, 2.24) is 0 Å². The van der Waals surface area contributed by atoms with Crippen LogP contribution < -0.4 is 0 Å². The van der Waals surface area contributed by atoms with Crippen molar-refractivity contribution in [1.29, 1.82) is 0 Å². The summed E-state index contributed by atoms with van der Waals surface area (Å²) in [5.41, 5.74) is 1.61. The van der Waals surface area contributed by atoms with E-state index in [2.05, 4.69) is 0 Å². The van der Waals surface area contributed by atoms with E-state index in [-0.39, 0.29) is 5.82 Å². The molecule has 0 aliphatic heterocycles. The number of aliphatic hydroxyl groups is 1. The first-order valence-electron chi connectivity index (χ1n) is 5.98. The third-order valence-electron chi connectivity index (χ3n) is 3.32. The minimum absolute atomic E-state index is 0.316. The van der Waals surface area contributed by atoms with Gasteiger partial charge < -0.3 is 5.11 Å². The maximum Gasteiger partial charge on any atom is 0.129 e. The molecule has 94 valence electrons. The van der Waals surface area contributed by atoms with Crippen LogP contribution in [-0.4, -0.2) is 5.11 Å². The number of halogens is 1. The fraction of sp³-hybridized carbons (Fsp3) is 0.250. The molecule has 0 radical (unpaired) electrons. The van der Waals surface area contributed by atoms with Gasteiger partial charge in [0.2, 0.25) is 0 Å². The molecule has 1 atom stereocenters. The van der Waals surface area contributed by atoms with Crippen LogP contribution in [0, 0.1) is 19.7 Å². The molecule has 1 nitrogen and oxygen atoms in total. The molecule has 0 bridgehead atoms. The Bertz CT molecular complexity index is 573. The van der Waals surface area contributed by atoms with E-state index in [0.29, 0.717) is 5.56 Å². The van der Waals surface area contributed by atoms with E-state index in [1.807, 2.05) is 38.1 Å². The summed E-state index contributed by atoms with van der Waals surface area (Å²) in [6.45, 7) is 5.43. The molecule has 0 aromatic heterocycles. The summed E-state index contributed by atoms with van der Waals surface area (Å²) in [6, 6.07) is 12.3. The predicted molar refractivity (Wildman–Crippen MR) is 71.0 cm³/mol. The van der Waals surface area contributed by atoms with Crippen molar-refractivity contribution < 1.29 is 9.50 Å². The average molecular weight is 244 g/mol. The highest BCUT2D eigenvalue weighted by Crippen LogP contribution is 2.33. The lowest BCUT2D eigenvalue weighted by Crippen LogP contribution is -2.25. The van der Waals surface area contributed by atoms with E-state index < -0.39 is 5.60 Å². The second-order valence-electron chi connectivity index (χ2n) is 4.87. The summed E-state index contributed by atoms with van der Waals surface area (Å²) in [5.74, 6) is -0.381. The normalized spacial score (nSPS) is 14.3. The Morgan fingerprint density at radius 3 is 2.33 bits per heavy atom. The molecular formula is C16H17FO. The fourth-order valence-corrected chi connectivity index (χ4v) is 2.28. The standard InChI is InChI=1S/C16H17FO/c1-11-8-9-15(17)14(10-11)16(3,18)13-7-5-4-6-12(13)2/h4-10,18H,1-3H3. The Hall–Kier alpha value is -1.67. The van der Waals surface area contributed by atoms with Gasteiger partial charge in [-0.25, -0.2) is 4.39 Å². The summed E-state index contributed by atoms with van der Waals surface area (Å²) in [5, 5.41) is 10.7. The summed E-state index contributed by atoms with van der Waals surface area (Å²) >= 11 is 0. The predicted octanol–water partition coefficient (Wildman–Crippen LogP) is 3.70. The van der Waals surface area contributed by atoms with Gasteiger partial charge in [0.05, 0.1) is 0 Å². The molecule has 0 fully saturated rings. The number of benzene rings is 2. The monoisotopic (exact) mass is 244 g/mol. The molecule has 2 rings (SSSR count). The molecule has 0 spiro atoms. The lowest BCUT2D eigenvalue weighted by atomic mass is 9.85. The van der Waals surface area contributed by atoms with Crippen molar-refractivity contribution in [3.8, 4) is 0 Å². The second-order valence-corrected chi connectivity index (χ2v) is 4.87. The van der Waals surface area contributed by atoms with Gasteiger partial charge in [0.15, 0.2) is 0 Å². The Balaban J connectivity index is 2.61. The van der Waals surface area contributed by atoms with Crippen LogP contribution in [0.2, 0.25) is 0 Å². The maximum atomic E-state index is 13.9. The highest BCUT2D eigenvalue weighted by Gasteiger charge is 2.29. The molecule has 0 amide bonds. The third kappa shape index (κ3) is 2.16. The molecule has 2 heteroatoms. The summed E-state index contributed by atoms with van der Waals surface area (Å²) < 4.78 is 13.9. The van der Waals surface area contributed by atoms with Crippen molar-refractivity contribution in [2.24, 2.45) is 0 Å². The first-order chi connectivity index (χ1) is 8.43. The van der Waals surface area contributed by atoms with Crippen LogP contribution in [0.4, 0.5) is 4.39 Å². The van der Waals surface area contributed by atoms with Crippen LogP contribution in [-0.2, 0) is 5.60 Å². The van der Waals surface area contributed by atoms with Crippen LogP contribution >= 0.6 is 0 Å². The Morgan fingerprint density at radius 1 is 1.00 bits per heavy atom. The van der Waals surface area contributed by atoms with E-state index in [1.165, 1.54) is 6.07 Å². The Kier molecular flexibility index (Phi) is 3.22. The molecule has 1 N–H and O–H groups in total. The van der Waals surface area contributed by atoms with E-state index in [9.17, 15) is 9.50 Å². The van der Waals surface area contributed by atoms with Gasteiger partial charge in [-0.3, -0.25) is 0 Å². The zero-order valence-corrected chi connectivity index (χ0v) is 10.9. The van der Waals surface area contributed by atoms with Gasteiger partial charge in [-0.1, -0.05) is 35.9 Å². The van der Waals surface area contributed by atoms with Crippen LogP contribution in [0.25, 0.3) is 0 Å². The van der Waals surface area contributed by atoms with Crippen molar-refractivity contribution in [2.75, 3.05) is 0 Å². The Labute approximate surface area is 107 Å². The van der Waals surface area contributed by atoms with Crippen molar-refractivity contribution >= 4 is 0 Å². The molecule has 0 aliphatic rings. The molecule has 2 aromatic rings. The molecule has 0 saturated carbocycles. The summed E-state index contributed by atoms with van der Waals surface area (Å²) in [6.07, 6.45) is 0.